The van der Waals surface area contributed by atoms with Gasteiger partial charge in [0.2, 0.25) is 0 Å². The van der Waals surface area contributed by atoms with Gasteiger partial charge in [0.05, 0.1) is 12.4 Å². The van der Waals surface area contributed by atoms with Gasteiger partial charge in [-0.05, 0) is 56.1 Å². The number of anilines is 2. The molecule has 3 aromatic heterocycles. The maximum Gasteiger partial charge on any atom is 0.324 e. The Morgan fingerprint density at radius 3 is 2.62 bits per heavy atom. The molecule has 1 saturated heterocycles. The molecule has 10 heteroatoms. The molecule has 0 spiro atoms. The molecule has 1 aromatic carbocycles. The second kappa shape index (κ2) is 11.6. The Morgan fingerprint density at radius 2 is 1.87 bits per heavy atom. The summed E-state index contributed by atoms with van der Waals surface area (Å²) in [7, 11) is 0. The number of nitrogens with zero attached hydrogens (tertiary/aromatic N) is 5. The van der Waals surface area contributed by atoms with Crippen LogP contribution in [0.5, 0.6) is 5.75 Å². The second-order valence-corrected chi connectivity index (χ2v) is 10.6. The van der Waals surface area contributed by atoms with Gasteiger partial charge in [0, 0.05) is 35.3 Å². The fourth-order valence-corrected chi connectivity index (χ4v) is 4.21. The Morgan fingerprint density at radius 1 is 1.08 bits per heavy atom. The number of amides is 2. The highest BCUT2D eigenvalue weighted by atomic mass is 16.5. The Labute approximate surface area is 227 Å². The van der Waals surface area contributed by atoms with E-state index < -0.39 is 6.03 Å². The molecule has 202 valence electrons. The smallest absolute Gasteiger partial charge is 0.324 e. The maximum atomic E-state index is 12.3. The van der Waals surface area contributed by atoms with E-state index >= 15 is 0 Å². The van der Waals surface area contributed by atoms with Crippen LogP contribution >= 0.6 is 0 Å². The minimum Gasteiger partial charge on any atom is -0.490 e. The Bertz CT molecular complexity index is 1480. The molecule has 0 bridgehead atoms. The van der Waals surface area contributed by atoms with Crippen molar-refractivity contribution in [1.29, 1.82) is 0 Å². The Hall–Kier alpha value is -4.36. The molecule has 0 aliphatic carbocycles. The highest BCUT2D eigenvalue weighted by molar-refractivity contribution is 5.99. The van der Waals surface area contributed by atoms with E-state index in [4.69, 9.17) is 9.26 Å². The SMILES string of the molecule is CC(C)(C)c1cc(NC(=O)Nc2ccc(C#Cc3cn4ncc(OCCN5CCCCC5)cc4n3)cc2)no1. The van der Waals surface area contributed by atoms with Crippen molar-refractivity contribution in [3.8, 4) is 17.6 Å². The molecule has 39 heavy (non-hydrogen) atoms. The van der Waals surface area contributed by atoms with Crippen LogP contribution in [0.4, 0.5) is 16.3 Å². The van der Waals surface area contributed by atoms with E-state index in [9.17, 15) is 4.79 Å². The summed E-state index contributed by atoms with van der Waals surface area (Å²) < 4.78 is 12.9. The standard InChI is InChI=1S/C29H33N7O3/c1-29(2,3)25-18-26(34-39-25)33-28(37)32-22-10-7-21(8-11-22)9-12-23-20-36-27(31-23)17-24(19-30-36)38-16-15-35-13-5-4-6-14-35/h7-8,10-11,17-20H,4-6,13-16H2,1-3H3,(H2,32,33,34,37). The lowest BCUT2D eigenvalue weighted by Crippen LogP contribution is -2.33. The van der Waals surface area contributed by atoms with Crippen LogP contribution in [0.25, 0.3) is 5.65 Å². The summed E-state index contributed by atoms with van der Waals surface area (Å²) >= 11 is 0. The van der Waals surface area contributed by atoms with Crippen LogP contribution in [0.15, 0.2) is 53.3 Å². The van der Waals surface area contributed by atoms with Gasteiger partial charge in [0.15, 0.2) is 11.5 Å². The average molecular weight is 528 g/mol. The number of rotatable bonds is 6. The van der Waals surface area contributed by atoms with Gasteiger partial charge in [-0.2, -0.15) is 5.10 Å². The zero-order chi connectivity index (χ0) is 27.2. The molecular formula is C29H33N7O3. The first-order chi connectivity index (χ1) is 18.8. The lowest BCUT2D eigenvalue weighted by atomic mass is 9.93. The summed E-state index contributed by atoms with van der Waals surface area (Å²) in [5.41, 5.74) is 2.52. The molecule has 0 radical (unpaired) electrons. The number of piperidine rings is 1. The molecular weight excluding hydrogens is 494 g/mol. The molecule has 2 amide bonds. The molecule has 0 atom stereocenters. The van der Waals surface area contributed by atoms with E-state index in [1.807, 2.05) is 39.0 Å². The lowest BCUT2D eigenvalue weighted by molar-refractivity contribution is 0.183. The molecule has 1 fully saturated rings. The number of carbonyl (C=O) groups excluding carboxylic acids is 1. The summed E-state index contributed by atoms with van der Waals surface area (Å²) in [6, 6.07) is 10.4. The van der Waals surface area contributed by atoms with Crippen molar-refractivity contribution in [2.24, 2.45) is 0 Å². The Kier molecular flexibility index (Phi) is 7.79. The number of aromatic nitrogens is 4. The summed E-state index contributed by atoms with van der Waals surface area (Å²) in [4.78, 5) is 19.3. The van der Waals surface area contributed by atoms with Crippen molar-refractivity contribution in [3.63, 3.8) is 0 Å². The third kappa shape index (κ3) is 7.15. The topological polar surface area (TPSA) is 110 Å². The number of imidazole rings is 1. The van der Waals surface area contributed by atoms with Crippen molar-refractivity contribution < 1.29 is 14.1 Å². The molecule has 0 unspecified atom stereocenters. The molecule has 0 saturated carbocycles. The largest absolute Gasteiger partial charge is 0.490 e. The van der Waals surface area contributed by atoms with E-state index in [0.29, 0.717) is 41.0 Å². The van der Waals surface area contributed by atoms with Gasteiger partial charge in [-0.1, -0.05) is 38.3 Å². The molecule has 1 aliphatic rings. The third-order valence-corrected chi connectivity index (χ3v) is 6.39. The van der Waals surface area contributed by atoms with Crippen molar-refractivity contribution in [3.05, 3.63) is 65.8 Å². The molecule has 4 aromatic rings. The monoisotopic (exact) mass is 527 g/mol. The van der Waals surface area contributed by atoms with E-state index in [0.717, 1.165) is 25.2 Å². The van der Waals surface area contributed by atoms with Crippen LogP contribution < -0.4 is 15.4 Å². The van der Waals surface area contributed by atoms with Gasteiger partial charge in [0.25, 0.3) is 0 Å². The van der Waals surface area contributed by atoms with Crippen molar-refractivity contribution >= 4 is 23.2 Å². The third-order valence-electron chi connectivity index (χ3n) is 6.39. The van der Waals surface area contributed by atoms with Crippen LogP contribution in [0.3, 0.4) is 0 Å². The van der Waals surface area contributed by atoms with Crippen LogP contribution in [0.2, 0.25) is 0 Å². The summed E-state index contributed by atoms with van der Waals surface area (Å²) in [6.07, 6.45) is 7.36. The number of ether oxygens (including phenoxy) is 1. The summed E-state index contributed by atoms with van der Waals surface area (Å²) in [5, 5.41) is 13.7. The quantitative estimate of drug-likeness (QED) is 0.342. The van der Waals surface area contributed by atoms with E-state index in [1.165, 1.54) is 19.3 Å². The van der Waals surface area contributed by atoms with E-state index in [1.54, 1.807) is 35.1 Å². The summed E-state index contributed by atoms with van der Waals surface area (Å²) in [5.74, 6) is 7.94. The molecule has 5 rings (SSSR count). The van der Waals surface area contributed by atoms with Gasteiger partial charge >= 0.3 is 6.03 Å². The zero-order valence-corrected chi connectivity index (χ0v) is 22.5. The van der Waals surface area contributed by atoms with Crippen molar-refractivity contribution in [1.82, 2.24) is 24.7 Å². The first-order valence-electron chi connectivity index (χ1n) is 13.2. The molecule has 1 aliphatic heterocycles. The van der Waals surface area contributed by atoms with Gasteiger partial charge in [0.1, 0.15) is 23.8 Å². The Balaban J connectivity index is 1.14. The van der Waals surface area contributed by atoms with Gasteiger partial charge in [-0.3, -0.25) is 10.2 Å². The van der Waals surface area contributed by atoms with E-state index in [-0.39, 0.29) is 5.41 Å². The van der Waals surface area contributed by atoms with Crippen LogP contribution in [-0.2, 0) is 5.41 Å². The van der Waals surface area contributed by atoms with Gasteiger partial charge < -0.3 is 14.6 Å². The molecule has 2 N–H and O–H groups in total. The van der Waals surface area contributed by atoms with Crippen molar-refractivity contribution in [2.75, 3.05) is 36.9 Å². The fourth-order valence-electron chi connectivity index (χ4n) is 4.21. The van der Waals surface area contributed by atoms with Crippen LogP contribution in [-0.4, -0.2) is 56.9 Å². The second-order valence-electron chi connectivity index (χ2n) is 10.6. The van der Waals surface area contributed by atoms with Crippen LogP contribution in [0, 0.1) is 11.8 Å². The zero-order valence-electron chi connectivity index (χ0n) is 22.5. The minimum atomic E-state index is -0.408. The number of hydrogen-bond donors (Lipinski definition) is 2. The van der Waals surface area contributed by atoms with E-state index in [2.05, 4.69) is 42.6 Å². The van der Waals surface area contributed by atoms with Crippen molar-refractivity contribution in [2.45, 2.75) is 45.4 Å². The van der Waals surface area contributed by atoms with Crippen LogP contribution in [0.1, 0.15) is 57.1 Å². The molecule has 10 nitrogen and oxygen atoms in total. The number of nitrogens with one attached hydrogen (secondary N) is 2. The first-order valence-corrected chi connectivity index (χ1v) is 13.2. The number of benzene rings is 1. The summed E-state index contributed by atoms with van der Waals surface area (Å²) in [6.45, 7) is 9.90. The lowest BCUT2D eigenvalue weighted by Gasteiger charge is -2.26. The number of hydrogen-bond acceptors (Lipinski definition) is 7. The average Bonchev–Trinajstić information content (AvgIpc) is 3.55. The predicted molar refractivity (Wildman–Crippen MR) is 149 cm³/mol. The predicted octanol–water partition coefficient (Wildman–Crippen LogP) is 4.92. The minimum absolute atomic E-state index is 0.191. The number of likely N-dealkylation sites (tertiary alicyclic amines) is 1. The first kappa shape index (κ1) is 26.3. The highest BCUT2D eigenvalue weighted by Gasteiger charge is 2.20. The normalized spacial score (nSPS) is 14.0. The highest BCUT2D eigenvalue weighted by Crippen LogP contribution is 2.24. The van der Waals surface area contributed by atoms with Gasteiger partial charge in [-0.15, -0.1) is 0 Å². The van der Waals surface area contributed by atoms with Gasteiger partial charge in [-0.25, -0.2) is 14.3 Å². The maximum absolute atomic E-state index is 12.3. The number of urea groups is 1. The number of fused-ring (bicyclic) bond motifs is 1. The molecule has 4 heterocycles. The fraction of sp³-hybridized carbons (Fsp3) is 0.379. The number of carbonyl (C=O) groups is 1.